The molecule has 54 heavy (non-hydrogen) atoms. The first-order chi connectivity index (χ1) is 26.7. The van der Waals surface area contributed by atoms with E-state index >= 15 is 0 Å². The van der Waals surface area contributed by atoms with Gasteiger partial charge in [0.15, 0.2) is 17.5 Å². The smallest absolute Gasteiger partial charge is 0.164 e. The van der Waals surface area contributed by atoms with E-state index in [0.29, 0.717) is 17.5 Å². The zero-order valence-electron chi connectivity index (χ0n) is 29.4. The van der Waals surface area contributed by atoms with Gasteiger partial charge in [-0.1, -0.05) is 133 Å². The highest BCUT2D eigenvalue weighted by Crippen LogP contribution is 2.47. The maximum absolute atomic E-state index is 6.71. The molecule has 0 amide bonds. The number of aryl methyl sites for hydroxylation is 1. The van der Waals surface area contributed by atoms with Crippen LogP contribution in [0.25, 0.3) is 88.8 Å². The fourth-order valence-corrected chi connectivity index (χ4v) is 8.51. The molecular formula is C50H33N3O. The van der Waals surface area contributed by atoms with E-state index in [0.717, 1.165) is 51.5 Å². The predicted octanol–water partition coefficient (Wildman–Crippen LogP) is 12.8. The third-order valence-electron chi connectivity index (χ3n) is 11.1. The topological polar surface area (TPSA) is 51.8 Å². The van der Waals surface area contributed by atoms with Crippen molar-refractivity contribution in [2.75, 3.05) is 0 Å². The summed E-state index contributed by atoms with van der Waals surface area (Å²) in [5, 5.41) is 7.09. The third-order valence-corrected chi connectivity index (χ3v) is 11.1. The van der Waals surface area contributed by atoms with Crippen LogP contribution in [0.5, 0.6) is 0 Å². The fourth-order valence-electron chi connectivity index (χ4n) is 8.51. The number of benzene rings is 8. The molecule has 1 atom stereocenters. The van der Waals surface area contributed by atoms with Crippen LogP contribution in [-0.2, 0) is 6.42 Å². The van der Waals surface area contributed by atoms with Crippen molar-refractivity contribution >= 4 is 43.5 Å². The van der Waals surface area contributed by atoms with Crippen LogP contribution in [0, 0.1) is 0 Å². The highest BCUT2D eigenvalue weighted by molar-refractivity contribution is 6.12. The monoisotopic (exact) mass is 691 g/mol. The van der Waals surface area contributed by atoms with Crippen LogP contribution < -0.4 is 0 Å². The standard InChI is InChI=1S/C50H33N3O/c1-3-13-31(14-4-1)48-51-49(32-15-5-2-6-16-32)53-50(52-48)44-29-38(30-46-47(44)40-21-11-12-22-45(40)54-46)39-24-23-37-25-33-17-7-8-18-34(33)26-41(37)43-28-36-20-10-9-19-35(36)27-42(39)43/h1-22,25-30,39H,23-24H2/t39-/m0/s1. The van der Waals surface area contributed by atoms with Crippen LogP contribution in [0.2, 0.25) is 0 Å². The molecule has 0 unspecified atom stereocenters. The molecule has 10 aromatic rings. The lowest BCUT2D eigenvalue weighted by Gasteiger charge is -2.21. The van der Waals surface area contributed by atoms with Crippen molar-refractivity contribution in [2.24, 2.45) is 0 Å². The molecular weight excluding hydrogens is 659 g/mol. The number of furan rings is 1. The minimum atomic E-state index is 0.0977. The molecule has 0 radical (unpaired) electrons. The SMILES string of the molecule is c1ccc(-c2nc(-c3ccccc3)nc(-c3cc([C@@H]4CCc5cc6ccccc6cc5-c5cc6ccccc6cc54)cc4oc5ccccc5c34)n2)cc1. The Morgan fingerprint density at radius 1 is 0.444 bits per heavy atom. The van der Waals surface area contributed by atoms with Gasteiger partial charge in [0.2, 0.25) is 0 Å². The Hall–Kier alpha value is -6.91. The molecule has 0 bridgehead atoms. The molecule has 1 aliphatic rings. The molecule has 2 heterocycles. The first kappa shape index (κ1) is 30.7. The Morgan fingerprint density at radius 2 is 1.00 bits per heavy atom. The van der Waals surface area contributed by atoms with Gasteiger partial charge in [-0.25, -0.2) is 15.0 Å². The molecule has 0 saturated heterocycles. The maximum Gasteiger partial charge on any atom is 0.164 e. The van der Waals surface area contributed by atoms with E-state index in [2.05, 4.69) is 121 Å². The highest BCUT2D eigenvalue weighted by atomic mass is 16.3. The van der Waals surface area contributed by atoms with E-state index in [-0.39, 0.29) is 5.92 Å². The number of aromatic nitrogens is 3. The van der Waals surface area contributed by atoms with E-state index in [1.54, 1.807) is 0 Å². The third kappa shape index (κ3) is 5.10. The van der Waals surface area contributed by atoms with Crippen molar-refractivity contribution in [3.05, 3.63) is 187 Å². The van der Waals surface area contributed by atoms with Gasteiger partial charge in [-0.3, -0.25) is 0 Å². The summed E-state index contributed by atoms with van der Waals surface area (Å²) in [4.78, 5) is 15.5. The van der Waals surface area contributed by atoms with Crippen molar-refractivity contribution in [1.29, 1.82) is 0 Å². The zero-order chi connectivity index (χ0) is 35.6. The first-order valence-electron chi connectivity index (χ1n) is 18.6. The van der Waals surface area contributed by atoms with Crippen LogP contribution >= 0.6 is 0 Å². The molecule has 4 heteroatoms. The van der Waals surface area contributed by atoms with Gasteiger partial charge in [0, 0.05) is 33.4 Å². The van der Waals surface area contributed by atoms with Crippen molar-refractivity contribution in [1.82, 2.24) is 15.0 Å². The molecule has 254 valence electrons. The maximum atomic E-state index is 6.71. The highest BCUT2D eigenvalue weighted by Gasteiger charge is 2.28. The molecule has 11 rings (SSSR count). The lowest BCUT2D eigenvalue weighted by molar-refractivity contribution is 0.665. The number of nitrogens with zero attached hydrogens (tertiary/aromatic N) is 3. The average molecular weight is 692 g/mol. The predicted molar refractivity (Wildman–Crippen MR) is 220 cm³/mol. The zero-order valence-corrected chi connectivity index (χ0v) is 29.4. The number of fused-ring (bicyclic) bond motifs is 8. The van der Waals surface area contributed by atoms with Crippen molar-refractivity contribution in [2.45, 2.75) is 18.8 Å². The van der Waals surface area contributed by atoms with Crippen molar-refractivity contribution in [3.63, 3.8) is 0 Å². The summed E-state index contributed by atoms with van der Waals surface area (Å²) in [6.07, 6.45) is 1.90. The summed E-state index contributed by atoms with van der Waals surface area (Å²) in [5.41, 5.74) is 11.0. The van der Waals surface area contributed by atoms with E-state index in [1.165, 1.54) is 49.4 Å². The number of rotatable bonds is 4. The van der Waals surface area contributed by atoms with E-state index < -0.39 is 0 Å². The van der Waals surface area contributed by atoms with Crippen LogP contribution in [0.1, 0.15) is 29.0 Å². The molecule has 2 aromatic heterocycles. The second kappa shape index (κ2) is 12.4. The van der Waals surface area contributed by atoms with Crippen LogP contribution in [0.3, 0.4) is 0 Å². The molecule has 0 saturated carbocycles. The summed E-state index contributed by atoms with van der Waals surface area (Å²) in [6.45, 7) is 0. The fraction of sp³-hybridized carbons (Fsp3) is 0.0600. The van der Waals surface area contributed by atoms with Gasteiger partial charge in [0.1, 0.15) is 11.2 Å². The summed E-state index contributed by atoms with van der Waals surface area (Å²) in [6, 6.07) is 60.3. The second-order valence-electron chi connectivity index (χ2n) is 14.3. The lowest BCUT2D eigenvalue weighted by Crippen LogP contribution is -2.05. The van der Waals surface area contributed by atoms with Gasteiger partial charge in [-0.2, -0.15) is 0 Å². The summed E-state index contributed by atoms with van der Waals surface area (Å²) in [5.74, 6) is 2.00. The number of para-hydroxylation sites is 1. The molecule has 4 nitrogen and oxygen atoms in total. The largest absolute Gasteiger partial charge is 0.456 e. The van der Waals surface area contributed by atoms with E-state index in [4.69, 9.17) is 19.4 Å². The van der Waals surface area contributed by atoms with Gasteiger partial charge < -0.3 is 4.42 Å². The average Bonchev–Trinajstić information content (AvgIpc) is 3.54. The molecule has 1 aliphatic carbocycles. The molecule has 8 aromatic carbocycles. The van der Waals surface area contributed by atoms with Crippen molar-refractivity contribution < 1.29 is 4.42 Å². The van der Waals surface area contributed by atoms with Gasteiger partial charge in [0.05, 0.1) is 0 Å². The molecule has 0 aliphatic heterocycles. The van der Waals surface area contributed by atoms with Gasteiger partial charge >= 0.3 is 0 Å². The van der Waals surface area contributed by atoms with Gasteiger partial charge in [0.25, 0.3) is 0 Å². The lowest BCUT2D eigenvalue weighted by atomic mass is 9.83. The van der Waals surface area contributed by atoms with Crippen LogP contribution in [0.15, 0.2) is 174 Å². The van der Waals surface area contributed by atoms with Crippen molar-refractivity contribution in [3.8, 4) is 45.3 Å². The molecule has 0 spiro atoms. The summed E-state index contributed by atoms with van der Waals surface area (Å²) in [7, 11) is 0. The van der Waals surface area contributed by atoms with Gasteiger partial charge in [-0.15, -0.1) is 0 Å². The Morgan fingerprint density at radius 3 is 1.69 bits per heavy atom. The Labute approximate surface area is 312 Å². The summed E-state index contributed by atoms with van der Waals surface area (Å²) >= 11 is 0. The normalized spacial score (nSPS) is 14.0. The quantitative estimate of drug-likeness (QED) is 0.184. The van der Waals surface area contributed by atoms with Crippen LogP contribution in [0.4, 0.5) is 0 Å². The first-order valence-corrected chi connectivity index (χ1v) is 18.6. The second-order valence-corrected chi connectivity index (χ2v) is 14.3. The number of hydrogen-bond acceptors (Lipinski definition) is 4. The van der Waals surface area contributed by atoms with Gasteiger partial charge in [-0.05, 0) is 98.6 Å². The molecule has 0 fully saturated rings. The number of hydrogen-bond donors (Lipinski definition) is 0. The minimum Gasteiger partial charge on any atom is -0.456 e. The Balaban J connectivity index is 1.18. The minimum absolute atomic E-state index is 0.0977. The van der Waals surface area contributed by atoms with E-state index in [9.17, 15) is 0 Å². The Bertz CT molecular complexity index is 3000. The summed E-state index contributed by atoms with van der Waals surface area (Å²) < 4.78 is 6.71. The Kier molecular flexibility index (Phi) is 7.02. The van der Waals surface area contributed by atoms with Crippen LogP contribution in [-0.4, -0.2) is 15.0 Å². The molecule has 0 N–H and O–H groups in total. The van der Waals surface area contributed by atoms with E-state index in [1.807, 2.05) is 48.5 Å².